The van der Waals surface area contributed by atoms with Gasteiger partial charge in [0.1, 0.15) is 5.15 Å². The molecule has 0 aliphatic rings. The van der Waals surface area contributed by atoms with E-state index in [1.807, 2.05) is 18.2 Å². The molecule has 0 radical (unpaired) electrons. The van der Waals surface area contributed by atoms with Crippen molar-refractivity contribution in [3.63, 3.8) is 0 Å². The third-order valence-electron chi connectivity index (χ3n) is 2.41. The highest BCUT2D eigenvalue weighted by Gasteiger charge is 2.06. The smallest absolute Gasteiger partial charge is 0.132 e. The van der Waals surface area contributed by atoms with Crippen molar-refractivity contribution in [2.75, 3.05) is 5.88 Å². The maximum Gasteiger partial charge on any atom is 0.132 e. The van der Waals surface area contributed by atoms with Gasteiger partial charge in [-0.3, -0.25) is 0 Å². The molecule has 1 aromatic carbocycles. The fourth-order valence-electron chi connectivity index (χ4n) is 1.61. The largest absolute Gasteiger partial charge is 0.236 e. The number of fused-ring (bicyclic) bond motifs is 1. The molecule has 2 aromatic rings. The highest BCUT2D eigenvalue weighted by molar-refractivity contribution is 9.10. The third kappa shape index (κ3) is 2.50. The molecule has 0 aliphatic heterocycles. The van der Waals surface area contributed by atoms with Crippen molar-refractivity contribution < 1.29 is 0 Å². The second kappa shape index (κ2) is 5.35. The van der Waals surface area contributed by atoms with E-state index in [1.165, 1.54) is 0 Å². The molecule has 2 rings (SSSR count). The zero-order valence-electron chi connectivity index (χ0n) is 8.51. The van der Waals surface area contributed by atoms with Crippen LogP contribution in [0, 0.1) is 0 Å². The molecule has 4 heteroatoms. The van der Waals surface area contributed by atoms with E-state index in [9.17, 15) is 0 Å². The molecule has 0 N–H and O–H groups in total. The number of rotatable bonds is 3. The van der Waals surface area contributed by atoms with Gasteiger partial charge in [0.15, 0.2) is 0 Å². The lowest BCUT2D eigenvalue weighted by molar-refractivity contribution is 0.924. The summed E-state index contributed by atoms with van der Waals surface area (Å²) in [6.07, 6.45) is 1.78. The van der Waals surface area contributed by atoms with Gasteiger partial charge in [0.05, 0.1) is 5.52 Å². The van der Waals surface area contributed by atoms with Gasteiger partial charge in [-0.25, -0.2) is 4.98 Å². The minimum Gasteiger partial charge on any atom is -0.236 e. The number of pyridine rings is 1. The summed E-state index contributed by atoms with van der Waals surface area (Å²) in [4.78, 5) is 4.38. The van der Waals surface area contributed by atoms with Crippen LogP contribution in [0.2, 0.25) is 5.15 Å². The van der Waals surface area contributed by atoms with E-state index >= 15 is 0 Å². The Bertz CT molecular complexity index is 514. The van der Waals surface area contributed by atoms with Gasteiger partial charge < -0.3 is 0 Å². The Hall–Kier alpha value is -0.310. The lowest BCUT2D eigenvalue weighted by Gasteiger charge is -2.06. The van der Waals surface area contributed by atoms with Crippen LogP contribution in [0.5, 0.6) is 0 Å². The average Bonchev–Trinajstić information content (AvgIpc) is 2.27. The van der Waals surface area contributed by atoms with Gasteiger partial charge in [-0.05, 0) is 36.6 Å². The number of hydrogen-bond acceptors (Lipinski definition) is 1. The van der Waals surface area contributed by atoms with Crippen LogP contribution in [0.4, 0.5) is 0 Å². The molecule has 16 heavy (non-hydrogen) atoms. The fraction of sp³-hybridized carbons (Fsp3) is 0.250. The number of nitrogens with zero attached hydrogens (tertiary/aromatic N) is 1. The first-order valence-electron chi connectivity index (χ1n) is 5.02. The summed E-state index contributed by atoms with van der Waals surface area (Å²) in [5.74, 6) is 0.643. The molecular formula is C12H10BrCl2N. The number of benzene rings is 1. The monoisotopic (exact) mass is 317 g/mol. The molecule has 1 aromatic heterocycles. The molecule has 0 fully saturated rings. The molecule has 1 nitrogen and oxygen atoms in total. The third-order valence-corrected chi connectivity index (χ3v) is 3.70. The Balaban J connectivity index is 2.51. The van der Waals surface area contributed by atoms with Crippen LogP contribution in [0.25, 0.3) is 10.9 Å². The lowest BCUT2D eigenvalue weighted by atomic mass is 10.1. The summed E-state index contributed by atoms with van der Waals surface area (Å²) in [5.41, 5.74) is 1.97. The molecule has 0 aliphatic carbocycles. The van der Waals surface area contributed by atoms with Crippen molar-refractivity contribution in [3.8, 4) is 0 Å². The maximum absolute atomic E-state index is 6.12. The number of aromatic nitrogens is 1. The van der Waals surface area contributed by atoms with E-state index in [4.69, 9.17) is 23.2 Å². The molecule has 0 bridgehead atoms. The zero-order valence-corrected chi connectivity index (χ0v) is 11.6. The average molecular weight is 319 g/mol. The zero-order chi connectivity index (χ0) is 11.5. The second-order valence-electron chi connectivity index (χ2n) is 3.54. The van der Waals surface area contributed by atoms with Gasteiger partial charge in [-0.1, -0.05) is 33.6 Å². The van der Waals surface area contributed by atoms with Gasteiger partial charge in [-0.15, -0.1) is 11.6 Å². The molecule has 0 unspecified atom stereocenters. The summed E-state index contributed by atoms with van der Waals surface area (Å²) in [6.45, 7) is 0. The minimum atomic E-state index is 0.579. The Kier molecular flexibility index (Phi) is 4.06. The van der Waals surface area contributed by atoms with Gasteiger partial charge in [0.25, 0.3) is 0 Å². The van der Waals surface area contributed by atoms with Gasteiger partial charge in [-0.2, -0.15) is 0 Å². The number of aryl methyl sites for hydroxylation is 1. The molecule has 0 atom stereocenters. The topological polar surface area (TPSA) is 12.9 Å². The normalized spacial score (nSPS) is 10.9. The second-order valence-corrected chi connectivity index (χ2v) is 5.13. The van der Waals surface area contributed by atoms with E-state index in [1.54, 1.807) is 0 Å². The van der Waals surface area contributed by atoms with E-state index in [2.05, 4.69) is 27.0 Å². The summed E-state index contributed by atoms with van der Waals surface area (Å²) < 4.78 is 1.04. The van der Waals surface area contributed by atoms with Crippen LogP contribution in [0.1, 0.15) is 12.0 Å². The highest BCUT2D eigenvalue weighted by Crippen LogP contribution is 2.27. The van der Waals surface area contributed by atoms with Crippen LogP contribution in [-0.2, 0) is 6.42 Å². The molecule has 84 valence electrons. The minimum absolute atomic E-state index is 0.579. The number of alkyl halides is 1. The van der Waals surface area contributed by atoms with Crippen LogP contribution in [0.15, 0.2) is 28.7 Å². The molecule has 1 heterocycles. The maximum atomic E-state index is 6.12. The van der Waals surface area contributed by atoms with Crippen molar-refractivity contribution in [2.45, 2.75) is 12.8 Å². The summed E-state index contributed by atoms with van der Waals surface area (Å²) in [5, 5.41) is 1.67. The van der Waals surface area contributed by atoms with E-state index in [0.717, 1.165) is 33.8 Å². The first-order chi connectivity index (χ1) is 7.72. The van der Waals surface area contributed by atoms with Crippen LogP contribution >= 0.6 is 39.1 Å². The summed E-state index contributed by atoms with van der Waals surface area (Å²) >= 11 is 15.3. The highest BCUT2D eigenvalue weighted by atomic mass is 79.9. The molecule has 0 saturated carbocycles. The quantitative estimate of drug-likeness (QED) is 0.584. The lowest BCUT2D eigenvalue weighted by Crippen LogP contribution is -1.92. The molecule has 0 amide bonds. The fourth-order valence-corrected chi connectivity index (χ4v) is 2.45. The van der Waals surface area contributed by atoms with Gasteiger partial charge in [0.2, 0.25) is 0 Å². The van der Waals surface area contributed by atoms with Crippen molar-refractivity contribution in [3.05, 3.63) is 39.5 Å². The Labute approximate surface area is 113 Å². The predicted octanol–water partition coefficient (Wildman–Crippen LogP) is 4.82. The Morgan fingerprint density at radius 1 is 1.31 bits per heavy atom. The molecular weight excluding hydrogens is 309 g/mol. The summed E-state index contributed by atoms with van der Waals surface area (Å²) in [7, 11) is 0. The number of hydrogen-bond donors (Lipinski definition) is 0. The van der Waals surface area contributed by atoms with E-state index in [0.29, 0.717) is 11.0 Å². The van der Waals surface area contributed by atoms with Crippen LogP contribution < -0.4 is 0 Å². The van der Waals surface area contributed by atoms with Crippen molar-refractivity contribution in [2.24, 2.45) is 0 Å². The summed E-state index contributed by atoms with van der Waals surface area (Å²) in [6, 6.07) is 8.00. The predicted molar refractivity (Wildman–Crippen MR) is 73.5 cm³/mol. The van der Waals surface area contributed by atoms with E-state index < -0.39 is 0 Å². The Morgan fingerprint density at radius 2 is 2.12 bits per heavy atom. The SMILES string of the molecule is ClCCCc1cc2c(Br)cccc2nc1Cl. The van der Waals surface area contributed by atoms with Gasteiger partial charge in [0, 0.05) is 15.7 Å². The first kappa shape index (κ1) is 12.2. The van der Waals surface area contributed by atoms with Crippen LogP contribution in [0.3, 0.4) is 0 Å². The van der Waals surface area contributed by atoms with Crippen molar-refractivity contribution in [1.29, 1.82) is 0 Å². The molecule has 0 spiro atoms. The van der Waals surface area contributed by atoms with E-state index in [-0.39, 0.29) is 0 Å². The van der Waals surface area contributed by atoms with Crippen molar-refractivity contribution in [1.82, 2.24) is 4.98 Å². The standard InChI is InChI=1S/C12H10BrCl2N/c13-10-4-1-5-11-9(10)7-8(3-2-6-14)12(15)16-11/h1,4-5,7H,2-3,6H2. The molecule has 0 saturated heterocycles. The number of halogens is 3. The van der Waals surface area contributed by atoms with Crippen LogP contribution in [-0.4, -0.2) is 10.9 Å². The first-order valence-corrected chi connectivity index (χ1v) is 6.72. The van der Waals surface area contributed by atoms with Crippen molar-refractivity contribution >= 4 is 50.0 Å². The van der Waals surface area contributed by atoms with Gasteiger partial charge >= 0.3 is 0 Å². The Morgan fingerprint density at radius 3 is 2.88 bits per heavy atom.